The molecule has 8 nitrogen and oxygen atoms in total. The van der Waals surface area contributed by atoms with Gasteiger partial charge in [-0.05, 0) is 24.8 Å². The summed E-state index contributed by atoms with van der Waals surface area (Å²) in [4.78, 5) is 21.4. The number of rotatable bonds is 3. The van der Waals surface area contributed by atoms with Crippen molar-refractivity contribution in [2.45, 2.75) is 44.6 Å². The van der Waals surface area contributed by atoms with Gasteiger partial charge in [-0.1, -0.05) is 0 Å². The Bertz CT molecular complexity index is 810. The van der Waals surface area contributed by atoms with Gasteiger partial charge in [0.2, 0.25) is 5.91 Å². The molecule has 2 atom stereocenters. The number of ether oxygens (including phenoxy) is 1. The van der Waals surface area contributed by atoms with Gasteiger partial charge in [0.05, 0.1) is 24.5 Å². The fourth-order valence-electron chi connectivity index (χ4n) is 4.50. The van der Waals surface area contributed by atoms with Crippen LogP contribution in [0.15, 0.2) is 6.07 Å². The molecule has 4 heterocycles. The van der Waals surface area contributed by atoms with Crippen LogP contribution in [-0.2, 0) is 22.6 Å². The molecule has 8 heteroatoms. The predicted molar refractivity (Wildman–Crippen MR) is 102 cm³/mol. The first-order valence-electron chi connectivity index (χ1n) is 10.3. The third kappa shape index (κ3) is 3.46. The Morgan fingerprint density at radius 1 is 1.25 bits per heavy atom. The number of aromatic nitrogens is 1. The Morgan fingerprint density at radius 2 is 2.07 bits per heavy atom. The number of nitrogens with zero attached hydrogens (tertiary/aromatic N) is 4. The van der Waals surface area contributed by atoms with Crippen LogP contribution in [-0.4, -0.2) is 60.9 Å². The van der Waals surface area contributed by atoms with Crippen LogP contribution < -0.4 is 15.5 Å². The molecule has 0 bridgehead atoms. The summed E-state index contributed by atoms with van der Waals surface area (Å²) in [6, 6.07) is 4.55. The maximum atomic E-state index is 12.1. The molecule has 5 rings (SSSR count). The van der Waals surface area contributed by atoms with Gasteiger partial charge in [-0.3, -0.25) is 15.0 Å². The number of hydrogen-bond donors (Lipinski definition) is 2. The maximum absolute atomic E-state index is 12.1. The van der Waals surface area contributed by atoms with E-state index in [0.717, 1.165) is 49.7 Å². The van der Waals surface area contributed by atoms with Gasteiger partial charge in [-0.2, -0.15) is 5.26 Å². The molecular weight excluding hydrogens is 356 g/mol. The van der Waals surface area contributed by atoms with Crippen LogP contribution >= 0.6 is 0 Å². The fourth-order valence-corrected chi connectivity index (χ4v) is 4.50. The van der Waals surface area contributed by atoms with E-state index >= 15 is 0 Å². The summed E-state index contributed by atoms with van der Waals surface area (Å²) in [6.07, 6.45) is 3.77. The first-order chi connectivity index (χ1) is 13.7. The quantitative estimate of drug-likeness (QED) is 0.778. The van der Waals surface area contributed by atoms with E-state index in [0.29, 0.717) is 37.2 Å². The Balaban J connectivity index is 1.27. The molecule has 3 fully saturated rings. The molecule has 2 saturated heterocycles. The smallest absolute Gasteiger partial charge is 0.223 e. The summed E-state index contributed by atoms with van der Waals surface area (Å²) >= 11 is 0. The lowest BCUT2D eigenvalue weighted by molar-refractivity contribution is -0.127. The van der Waals surface area contributed by atoms with Crippen LogP contribution in [0.4, 0.5) is 5.82 Å². The van der Waals surface area contributed by atoms with Gasteiger partial charge in [0.25, 0.3) is 0 Å². The van der Waals surface area contributed by atoms with Crippen molar-refractivity contribution in [3.63, 3.8) is 0 Å². The van der Waals surface area contributed by atoms with Crippen LogP contribution in [0.2, 0.25) is 0 Å². The molecular formula is C20H26N6O2. The summed E-state index contributed by atoms with van der Waals surface area (Å²) < 4.78 is 5.49. The Kier molecular flexibility index (Phi) is 4.67. The van der Waals surface area contributed by atoms with Crippen molar-refractivity contribution < 1.29 is 9.53 Å². The van der Waals surface area contributed by atoms with E-state index in [2.05, 4.69) is 26.5 Å². The molecule has 1 saturated carbocycles. The molecule has 1 amide bonds. The molecule has 3 aliphatic heterocycles. The van der Waals surface area contributed by atoms with E-state index in [1.54, 1.807) is 0 Å². The number of pyridine rings is 1. The summed E-state index contributed by atoms with van der Waals surface area (Å²) in [5, 5.41) is 16.3. The monoisotopic (exact) mass is 382 g/mol. The first-order valence-corrected chi connectivity index (χ1v) is 10.3. The van der Waals surface area contributed by atoms with Gasteiger partial charge >= 0.3 is 0 Å². The van der Waals surface area contributed by atoms with Crippen LogP contribution in [0.1, 0.15) is 36.1 Å². The van der Waals surface area contributed by atoms with Gasteiger partial charge in [-0.15, -0.1) is 0 Å². The van der Waals surface area contributed by atoms with Gasteiger partial charge in [0.1, 0.15) is 18.2 Å². The molecule has 4 aliphatic rings. The van der Waals surface area contributed by atoms with Crippen molar-refractivity contribution in [1.29, 1.82) is 5.26 Å². The Labute approximate surface area is 164 Å². The van der Waals surface area contributed by atoms with Crippen molar-refractivity contribution in [2.75, 3.05) is 37.7 Å². The SMILES string of the molecule is N#Cc1cc2c(nc1N1CCN(C3NC(=O)CC(C4CC4)N3)CC1)CCOC2. The van der Waals surface area contributed by atoms with E-state index in [4.69, 9.17) is 9.72 Å². The average molecular weight is 382 g/mol. The molecule has 0 radical (unpaired) electrons. The third-order valence-corrected chi connectivity index (χ3v) is 6.28. The minimum atomic E-state index is -0.0851. The van der Waals surface area contributed by atoms with Gasteiger partial charge in [0.15, 0.2) is 0 Å². The fraction of sp³-hybridized carbons (Fsp3) is 0.650. The lowest BCUT2D eigenvalue weighted by Crippen LogP contribution is -2.67. The maximum Gasteiger partial charge on any atom is 0.223 e. The zero-order chi connectivity index (χ0) is 19.1. The summed E-state index contributed by atoms with van der Waals surface area (Å²) in [5.41, 5.74) is 2.71. The second-order valence-electron chi connectivity index (χ2n) is 8.19. The second-order valence-corrected chi connectivity index (χ2v) is 8.19. The van der Waals surface area contributed by atoms with Crippen molar-refractivity contribution in [3.05, 3.63) is 22.9 Å². The molecule has 1 aromatic rings. The summed E-state index contributed by atoms with van der Waals surface area (Å²) in [5.74, 6) is 1.60. The summed E-state index contributed by atoms with van der Waals surface area (Å²) in [7, 11) is 0. The molecule has 0 spiro atoms. The number of nitriles is 1. The highest BCUT2D eigenvalue weighted by molar-refractivity contribution is 5.77. The standard InChI is InChI=1S/C20H26N6O2/c21-11-14-9-15-12-28-8-3-16(15)22-19(14)25-4-6-26(7-5-25)20-23-17(13-1-2-13)10-18(27)24-20/h9,13,17,20,23H,1-8,10,12H2,(H,24,27). The van der Waals surface area contributed by atoms with Crippen molar-refractivity contribution in [1.82, 2.24) is 20.5 Å². The molecule has 1 aliphatic carbocycles. The van der Waals surface area contributed by atoms with Crippen LogP contribution in [0.3, 0.4) is 0 Å². The molecule has 148 valence electrons. The minimum Gasteiger partial charge on any atom is -0.376 e. The highest BCUT2D eigenvalue weighted by Gasteiger charge is 2.39. The molecule has 2 unspecified atom stereocenters. The highest BCUT2D eigenvalue weighted by atomic mass is 16.5. The summed E-state index contributed by atoms with van der Waals surface area (Å²) in [6.45, 7) is 4.46. The lowest BCUT2D eigenvalue weighted by Gasteiger charge is -2.43. The molecule has 28 heavy (non-hydrogen) atoms. The number of hydrogen-bond acceptors (Lipinski definition) is 7. The lowest BCUT2D eigenvalue weighted by atomic mass is 10.1. The second kappa shape index (κ2) is 7.32. The van der Waals surface area contributed by atoms with E-state index in [1.165, 1.54) is 12.8 Å². The normalized spacial score (nSPS) is 28.4. The van der Waals surface area contributed by atoms with Gasteiger partial charge < -0.3 is 15.0 Å². The average Bonchev–Trinajstić information content (AvgIpc) is 3.58. The van der Waals surface area contributed by atoms with Crippen molar-refractivity contribution in [3.8, 4) is 6.07 Å². The van der Waals surface area contributed by atoms with E-state index in [1.807, 2.05) is 6.07 Å². The van der Waals surface area contributed by atoms with Crippen LogP contribution in [0.5, 0.6) is 0 Å². The topological polar surface area (TPSA) is 93.5 Å². The third-order valence-electron chi connectivity index (χ3n) is 6.28. The number of piperazine rings is 1. The van der Waals surface area contributed by atoms with Crippen LogP contribution in [0.25, 0.3) is 0 Å². The van der Waals surface area contributed by atoms with Crippen molar-refractivity contribution in [2.24, 2.45) is 5.92 Å². The van der Waals surface area contributed by atoms with E-state index in [-0.39, 0.29) is 12.2 Å². The number of carbonyl (C=O) groups excluding carboxylic acids is 1. The Morgan fingerprint density at radius 3 is 2.82 bits per heavy atom. The highest BCUT2D eigenvalue weighted by Crippen LogP contribution is 2.35. The number of nitrogens with one attached hydrogen (secondary N) is 2. The largest absolute Gasteiger partial charge is 0.376 e. The van der Waals surface area contributed by atoms with E-state index < -0.39 is 0 Å². The number of fused-ring (bicyclic) bond motifs is 1. The van der Waals surface area contributed by atoms with Crippen molar-refractivity contribution >= 4 is 11.7 Å². The Hall–Kier alpha value is -2.21. The molecule has 2 N–H and O–H groups in total. The van der Waals surface area contributed by atoms with E-state index in [9.17, 15) is 10.1 Å². The van der Waals surface area contributed by atoms with Gasteiger partial charge in [0, 0.05) is 50.6 Å². The zero-order valence-electron chi connectivity index (χ0n) is 16.0. The molecule has 1 aromatic heterocycles. The number of amides is 1. The van der Waals surface area contributed by atoms with Crippen LogP contribution in [0, 0.1) is 17.2 Å². The predicted octanol–water partition coefficient (Wildman–Crippen LogP) is 0.320. The number of carbonyl (C=O) groups is 1. The zero-order valence-corrected chi connectivity index (χ0v) is 16.0. The van der Waals surface area contributed by atoms with Gasteiger partial charge in [-0.25, -0.2) is 4.98 Å². The number of anilines is 1. The molecule has 0 aromatic carbocycles. The minimum absolute atomic E-state index is 0.0851. The first kappa shape index (κ1) is 17.9.